The Balaban J connectivity index is 2.76. The smallest absolute Gasteiger partial charge is 0.231 e. The van der Waals surface area contributed by atoms with Gasteiger partial charge in [0.05, 0.1) is 22.2 Å². The maximum Gasteiger partial charge on any atom is 0.231 e. The molecule has 2 rings (SSSR count). The predicted octanol–water partition coefficient (Wildman–Crippen LogP) is 3.68. The van der Waals surface area contributed by atoms with E-state index in [0.717, 1.165) is 30.2 Å². The van der Waals surface area contributed by atoms with Crippen molar-refractivity contribution in [2.24, 2.45) is 7.05 Å². The summed E-state index contributed by atoms with van der Waals surface area (Å²) in [5, 5.41) is 5.45. The molecule has 0 atom stereocenters. The van der Waals surface area contributed by atoms with Crippen LogP contribution in [0.4, 0.5) is 5.82 Å². The van der Waals surface area contributed by atoms with Crippen LogP contribution in [0, 0.1) is 0 Å². The first-order valence-electron chi connectivity index (χ1n) is 7.20. The van der Waals surface area contributed by atoms with Gasteiger partial charge in [0.15, 0.2) is 5.82 Å². The molecule has 0 saturated heterocycles. The summed E-state index contributed by atoms with van der Waals surface area (Å²) in [5.41, 5.74) is 1.94. The van der Waals surface area contributed by atoms with E-state index in [4.69, 9.17) is 11.6 Å². The highest BCUT2D eigenvalue weighted by molar-refractivity contribution is 7.92. The lowest BCUT2D eigenvalue weighted by Gasteiger charge is -2.26. The normalized spacial score (nSPS) is 12.8. The van der Waals surface area contributed by atoms with E-state index in [2.05, 4.69) is 30.6 Å². The van der Waals surface area contributed by atoms with E-state index in [-0.39, 0.29) is 11.2 Å². The number of benzene rings is 1. The Kier molecular flexibility index (Phi) is 4.46. The molecule has 1 N–H and O–H groups in total. The summed E-state index contributed by atoms with van der Waals surface area (Å²) >= 11 is 6.32. The Morgan fingerprint density at radius 2 is 2.00 bits per heavy atom. The third kappa shape index (κ3) is 3.22. The summed E-state index contributed by atoms with van der Waals surface area (Å²) < 4.78 is 27.2. The Morgan fingerprint density at radius 3 is 2.55 bits per heavy atom. The van der Waals surface area contributed by atoms with Crippen molar-refractivity contribution in [3.63, 3.8) is 0 Å². The third-order valence-electron chi connectivity index (χ3n) is 3.82. The molecule has 1 aromatic heterocycles. The molecule has 1 aromatic carbocycles. The van der Waals surface area contributed by atoms with Gasteiger partial charge in [-0.3, -0.25) is 9.40 Å². The minimum atomic E-state index is -3.42. The molecule has 0 aliphatic carbocycles. The minimum absolute atomic E-state index is 0.0479. The van der Waals surface area contributed by atoms with E-state index in [1.54, 1.807) is 11.7 Å². The maximum absolute atomic E-state index is 11.5. The van der Waals surface area contributed by atoms with Gasteiger partial charge in [0.1, 0.15) is 0 Å². The average Bonchev–Trinajstić information content (AvgIpc) is 2.65. The molecule has 0 radical (unpaired) electrons. The van der Waals surface area contributed by atoms with Gasteiger partial charge < -0.3 is 0 Å². The van der Waals surface area contributed by atoms with Crippen LogP contribution in [0.1, 0.15) is 39.2 Å². The molecule has 22 heavy (non-hydrogen) atoms. The van der Waals surface area contributed by atoms with E-state index in [0.29, 0.717) is 10.4 Å². The number of nitrogens with zero attached hydrogens (tertiary/aromatic N) is 2. The molecule has 2 aromatic rings. The van der Waals surface area contributed by atoms with Gasteiger partial charge in [0, 0.05) is 7.05 Å². The molecule has 0 fully saturated rings. The first-order chi connectivity index (χ1) is 10.1. The molecule has 1 heterocycles. The quantitative estimate of drug-likeness (QED) is 0.900. The second-order valence-corrected chi connectivity index (χ2v) is 8.45. The minimum Gasteiger partial charge on any atom is -0.266 e. The second-order valence-electron chi connectivity index (χ2n) is 6.30. The zero-order valence-electron chi connectivity index (χ0n) is 13.6. The fourth-order valence-electron chi connectivity index (χ4n) is 2.93. The number of fused-ring (bicyclic) bond motifs is 1. The van der Waals surface area contributed by atoms with Crippen molar-refractivity contribution >= 4 is 38.3 Å². The van der Waals surface area contributed by atoms with Crippen LogP contribution in [0.5, 0.6) is 0 Å². The number of hydrogen-bond donors (Lipinski definition) is 1. The van der Waals surface area contributed by atoms with Crippen molar-refractivity contribution in [3.8, 4) is 0 Å². The SMILES string of the molecule is CCCC(C)(C)c1ccc(Cl)c2c(NS(C)(=O)=O)nn(C)c12. The summed E-state index contributed by atoms with van der Waals surface area (Å²) in [5.74, 6) is 0.277. The molecular formula is C15H22ClN3O2S. The fraction of sp³-hybridized carbons (Fsp3) is 0.533. The number of anilines is 1. The van der Waals surface area contributed by atoms with Gasteiger partial charge >= 0.3 is 0 Å². The monoisotopic (exact) mass is 343 g/mol. The number of halogens is 1. The topological polar surface area (TPSA) is 64.0 Å². The van der Waals surface area contributed by atoms with E-state index >= 15 is 0 Å². The van der Waals surface area contributed by atoms with Crippen molar-refractivity contribution in [3.05, 3.63) is 22.7 Å². The number of hydrogen-bond acceptors (Lipinski definition) is 3. The Morgan fingerprint density at radius 1 is 1.36 bits per heavy atom. The van der Waals surface area contributed by atoms with E-state index in [9.17, 15) is 8.42 Å². The van der Waals surface area contributed by atoms with E-state index in [1.165, 1.54) is 0 Å². The summed E-state index contributed by atoms with van der Waals surface area (Å²) in [6.07, 6.45) is 3.18. The van der Waals surface area contributed by atoms with Gasteiger partial charge in [-0.2, -0.15) is 5.10 Å². The number of aromatic nitrogens is 2. The molecular weight excluding hydrogens is 322 g/mol. The zero-order chi connectivity index (χ0) is 16.7. The lowest BCUT2D eigenvalue weighted by molar-refractivity contribution is 0.474. The van der Waals surface area contributed by atoms with Gasteiger partial charge in [0.25, 0.3) is 0 Å². The highest BCUT2D eigenvalue weighted by Crippen LogP contribution is 2.39. The summed E-state index contributed by atoms with van der Waals surface area (Å²) in [4.78, 5) is 0. The number of rotatable bonds is 5. The molecule has 5 nitrogen and oxygen atoms in total. The van der Waals surface area contributed by atoms with Crippen LogP contribution in [-0.4, -0.2) is 24.5 Å². The molecule has 0 amide bonds. The predicted molar refractivity (Wildman–Crippen MR) is 92.1 cm³/mol. The van der Waals surface area contributed by atoms with Crippen molar-refractivity contribution in [1.82, 2.24) is 9.78 Å². The fourth-order valence-corrected chi connectivity index (χ4v) is 3.67. The third-order valence-corrected chi connectivity index (χ3v) is 4.70. The van der Waals surface area contributed by atoms with Crippen LogP contribution in [0.3, 0.4) is 0 Å². The van der Waals surface area contributed by atoms with Crippen molar-refractivity contribution in [1.29, 1.82) is 0 Å². The molecule has 122 valence electrons. The summed E-state index contributed by atoms with van der Waals surface area (Å²) in [6, 6.07) is 3.82. The van der Waals surface area contributed by atoms with Gasteiger partial charge in [-0.1, -0.05) is 44.9 Å². The highest BCUT2D eigenvalue weighted by atomic mass is 35.5. The molecule has 0 aliphatic rings. The van der Waals surface area contributed by atoms with E-state index in [1.807, 2.05) is 12.1 Å². The number of sulfonamides is 1. The molecule has 0 unspecified atom stereocenters. The van der Waals surface area contributed by atoms with Crippen LogP contribution >= 0.6 is 11.6 Å². The van der Waals surface area contributed by atoms with Gasteiger partial charge in [-0.15, -0.1) is 0 Å². The van der Waals surface area contributed by atoms with E-state index < -0.39 is 10.0 Å². The van der Waals surface area contributed by atoms with Crippen LogP contribution in [-0.2, 0) is 22.5 Å². The first-order valence-corrected chi connectivity index (χ1v) is 9.47. The van der Waals surface area contributed by atoms with Crippen LogP contribution in [0.15, 0.2) is 12.1 Å². The molecule has 0 saturated carbocycles. The van der Waals surface area contributed by atoms with Gasteiger partial charge in [-0.25, -0.2) is 8.42 Å². The standard InChI is InChI=1S/C15H22ClN3O2S/c1-6-9-15(2,3)10-7-8-11(16)12-13(10)19(4)17-14(12)18-22(5,20)21/h7-8H,6,9H2,1-5H3,(H,17,18). The Labute approximate surface area is 136 Å². The van der Waals surface area contributed by atoms with Gasteiger partial charge in [0.2, 0.25) is 10.0 Å². The number of aryl methyl sites for hydroxylation is 1. The summed E-state index contributed by atoms with van der Waals surface area (Å²) in [7, 11) is -1.61. The van der Waals surface area contributed by atoms with Gasteiger partial charge in [-0.05, 0) is 23.5 Å². The highest BCUT2D eigenvalue weighted by Gasteiger charge is 2.26. The van der Waals surface area contributed by atoms with Crippen molar-refractivity contribution in [2.45, 2.75) is 39.0 Å². The lowest BCUT2D eigenvalue weighted by atomic mass is 9.80. The van der Waals surface area contributed by atoms with Crippen molar-refractivity contribution < 1.29 is 8.42 Å². The van der Waals surface area contributed by atoms with Crippen molar-refractivity contribution in [2.75, 3.05) is 11.0 Å². The zero-order valence-corrected chi connectivity index (χ0v) is 15.1. The molecule has 0 aliphatic heterocycles. The van der Waals surface area contributed by atoms with Crippen LogP contribution in [0.2, 0.25) is 5.02 Å². The second kappa shape index (κ2) is 5.74. The Bertz CT molecular complexity index is 810. The van der Waals surface area contributed by atoms with Crippen LogP contribution < -0.4 is 4.72 Å². The van der Waals surface area contributed by atoms with Crippen LogP contribution in [0.25, 0.3) is 10.9 Å². The molecule has 7 heteroatoms. The largest absolute Gasteiger partial charge is 0.266 e. The molecule has 0 spiro atoms. The lowest BCUT2D eigenvalue weighted by Crippen LogP contribution is -2.18. The first kappa shape index (κ1) is 17.1. The molecule has 0 bridgehead atoms. The Hall–Kier alpha value is -1.27. The number of nitrogens with one attached hydrogen (secondary N) is 1. The summed E-state index contributed by atoms with van der Waals surface area (Å²) in [6.45, 7) is 6.50. The maximum atomic E-state index is 11.5. The average molecular weight is 344 g/mol.